The van der Waals surface area contributed by atoms with Crippen LogP contribution in [0.2, 0.25) is 0 Å². The predicted octanol–water partition coefficient (Wildman–Crippen LogP) is 2.89. The number of methoxy groups -OCH3 is 1. The van der Waals surface area contributed by atoms with Crippen LogP contribution in [0.3, 0.4) is 0 Å². The monoisotopic (exact) mass is 420 g/mol. The molecule has 1 aromatic heterocycles. The van der Waals surface area contributed by atoms with Gasteiger partial charge in [-0.1, -0.05) is 0 Å². The Kier molecular flexibility index (Phi) is 5.70. The molecule has 158 valence electrons. The molecule has 1 aliphatic rings. The summed E-state index contributed by atoms with van der Waals surface area (Å²) in [6.07, 6.45) is 1.48. The van der Waals surface area contributed by atoms with Gasteiger partial charge >= 0.3 is 0 Å². The van der Waals surface area contributed by atoms with Crippen molar-refractivity contribution < 1.29 is 28.3 Å². The summed E-state index contributed by atoms with van der Waals surface area (Å²) in [7, 11) is 1.59. The van der Waals surface area contributed by atoms with Gasteiger partial charge in [-0.2, -0.15) is 0 Å². The Balaban J connectivity index is 1.34. The molecule has 2 aromatic carbocycles. The zero-order valence-corrected chi connectivity index (χ0v) is 16.8. The molecular weight excluding hydrogens is 400 g/mol. The number of furan rings is 1. The van der Waals surface area contributed by atoms with Crippen molar-refractivity contribution in [3.63, 3.8) is 0 Å². The van der Waals surface area contributed by atoms with E-state index in [2.05, 4.69) is 5.32 Å². The smallest absolute Gasteiger partial charge is 0.261 e. The third-order valence-electron chi connectivity index (χ3n) is 4.84. The zero-order chi connectivity index (χ0) is 21.8. The highest BCUT2D eigenvalue weighted by Gasteiger charge is 2.36. The fourth-order valence-corrected chi connectivity index (χ4v) is 3.24. The summed E-state index contributed by atoms with van der Waals surface area (Å²) in [5, 5.41) is 2.74. The lowest BCUT2D eigenvalue weighted by Crippen LogP contribution is -2.29. The zero-order valence-electron chi connectivity index (χ0n) is 16.8. The molecule has 0 unspecified atom stereocenters. The fourth-order valence-electron chi connectivity index (χ4n) is 3.24. The lowest BCUT2D eigenvalue weighted by atomic mass is 10.1. The van der Waals surface area contributed by atoms with Crippen molar-refractivity contribution in [1.82, 2.24) is 10.2 Å². The Hall–Kier alpha value is -4.07. The molecule has 31 heavy (non-hydrogen) atoms. The van der Waals surface area contributed by atoms with Gasteiger partial charge in [0.05, 0.1) is 37.6 Å². The van der Waals surface area contributed by atoms with E-state index in [4.69, 9.17) is 13.9 Å². The molecule has 0 fully saturated rings. The molecule has 0 saturated carbocycles. The molecule has 2 heterocycles. The third-order valence-corrected chi connectivity index (χ3v) is 4.84. The Morgan fingerprint density at radius 3 is 2.45 bits per heavy atom. The molecule has 0 bridgehead atoms. The molecule has 1 N–H and O–H groups in total. The van der Waals surface area contributed by atoms with Crippen LogP contribution in [0.4, 0.5) is 0 Å². The van der Waals surface area contributed by atoms with Crippen molar-refractivity contribution in [3.8, 4) is 11.5 Å². The molecule has 0 aliphatic carbocycles. The van der Waals surface area contributed by atoms with Crippen molar-refractivity contribution in [2.45, 2.75) is 6.54 Å². The summed E-state index contributed by atoms with van der Waals surface area (Å²) in [6, 6.07) is 15.0. The Morgan fingerprint density at radius 2 is 1.74 bits per heavy atom. The molecule has 1 aliphatic heterocycles. The molecule has 0 saturated heterocycles. The van der Waals surface area contributed by atoms with Crippen LogP contribution in [-0.2, 0) is 6.54 Å². The van der Waals surface area contributed by atoms with E-state index >= 15 is 0 Å². The number of carbonyl (C=O) groups excluding carboxylic acids is 3. The number of carbonyl (C=O) groups is 3. The lowest BCUT2D eigenvalue weighted by Gasteiger charge is -2.11. The summed E-state index contributed by atoms with van der Waals surface area (Å²) in [5.41, 5.74) is 0.777. The quantitative estimate of drug-likeness (QED) is 0.445. The number of rotatable bonds is 8. The molecule has 3 aromatic rings. The number of hydrogen-bond acceptors (Lipinski definition) is 6. The van der Waals surface area contributed by atoms with Gasteiger partial charge in [0, 0.05) is 5.56 Å². The molecule has 4 rings (SSSR count). The summed E-state index contributed by atoms with van der Waals surface area (Å²) in [5.74, 6) is 0.682. The van der Waals surface area contributed by atoms with Gasteiger partial charge in [0.25, 0.3) is 17.7 Å². The van der Waals surface area contributed by atoms with E-state index in [-0.39, 0.29) is 36.7 Å². The van der Waals surface area contributed by atoms with Crippen LogP contribution in [0.25, 0.3) is 0 Å². The Labute approximate surface area is 178 Å². The molecule has 3 amide bonds. The van der Waals surface area contributed by atoms with Crippen molar-refractivity contribution >= 4 is 17.7 Å². The SMILES string of the molecule is COc1ccc(OCCNC(=O)c2ccc3c(c2)C(=O)N(Cc2ccco2)C3=O)cc1. The standard InChI is InChI=1S/C23H20N2O6/c1-29-16-5-7-17(8-6-16)31-12-10-24-21(26)15-4-9-19-20(13-15)23(28)25(22(19)27)14-18-3-2-11-30-18/h2-9,11,13H,10,12,14H2,1H3,(H,24,26). The summed E-state index contributed by atoms with van der Waals surface area (Å²) in [6.45, 7) is 0.598. The largest absolute Gasteiger partial charge is 0.497 e. The Bertz CT molecular complexity index is 1110. The maximum absolute atomic E-state index is 12.7. The molecule has 8 heteroatoms. The second kappa shape index (κ2) is 8.74. The lowest BCUT2D eigenvalue weighted by molar-refractivity contribution is 0.0631. The van der Waals surface area contributed by atoms with E-state index in [1.54, 1.807) is 43.5 Å². The van der Waals surface area contributed by atoms with E-state index in [1.807, 2.05) is 0 Å². The number of nitrogens with one attached hydrogen (secondary N) is 1. The fraction of sp³-hybridized carbons (Fsp3) is 0.174. The van der Waals surface area contributed by atoms with Crippen molar-refractivity contribution in [3.05, 3.63) is 83.3 Å². The second-order valence-corrected chi connectivity index (χ2v) is 6.82. The van der Waals surface area contributed by atoms with E-state index in [1.165, 1.54) is 24.5 Å². The van der Waals surface area contributed by atoms with Crippen molar-refractivity contribution in [2.75, 3.05) is 20.3 Å². The minimum Gasteiger partial charge on any atom is -0.497 e. The number of imide groups is 1. The third kappa shape index (κ3) is 4.28. The number of benzene rings is 2. The average Bonchev–Trinajstić information content (AvgIpc) is 3.40. The van der Waals surface area contributed by atoms with Gasteiger partial charge in [-0.05, 0) is 54.6 Å². The maximum atomic E-state index is 12.7. The molecule has 0 spiro atoms. The number of ether oxygens (including phenoxy) is 2. The highest BCUT2D eigenvalue weighted by Crippen LogP contribution is 2.26. The van der Waals surface area contributed by atoms with Gasteiger partial charge in [0.2, 0.25) is 0 Å². The predicted molar refractivity (Wildman–Crippen MR) is 110 cm³/mol. The normalized spacial score (nSPS) is 12.6. The highest BCUT2D eigenvalue weighted by molar-refractivity contribution is 6.22. The molecule has 0 radical (unpaired) electrons. The molecule has 0 atom stereocenters. The second-order valence-electron chi connectivity index (χ2n) is 6.82. The summed E-state index contributed by atoms with van der Waals surface area (Å²) < 4.78 is 15.9. The summed E-state index contributed by atoms with van der Waals surface area (Å²) >= 11 is 0. The van der Waals surface area contributed by atoms with E-state index < -0.39 is 11.8 Å². The summed E-state index contributed by atoms with van der Waals surface area (Å²) in [4.78, 5) is 38.8. The van der Waals surface area contributed by atoms with Crippen molar-refractivity contribution in [1.29, 1.82) is 0 Å². The van der Waals surface area contributed by atoms with E-state index in [0.717, 1.165) is 10.6 Å². The topological polar surface area (TPSA) is 98.1 Å². The number of hydrogen-bond donors (Lipinski definition) is 1. The first-order valence-corrected chi connectivity index (χ1v) is 9.64. The maximum Gasteiger partial charge on any atom is 0.261 e. The minimum absolute atomic E-state index is 0.0452. The minimum atomic E-state index is -0.450. The average molecular weight is 420 g/mol. The van der Waals surface area contributed by atoms with Crippen LogP contribution >= 0.6 is 0 Å². The van der Waals surface area contributed by atoms with Gasteiger partial charge < -0.3 is 19.2 Å². The first-order valence-electron chi connectivity index (χ1n) is 9.64. The Morgan fingerprint density at radius 1 is 1.00 bits per heavy atom. The van der Waals surface area contributed by atoms with Crippen LogP contribution in [0.1, 0.15) is 36.8 Å². The highest BCUT2D eigenvalue weighted by atomic mass is 16.5. The van der Waals surface area contributed by atoms with Crippen LogP contribution in [0.15, 0.2) is 65.3 Å². The first-order chi connectivity index (χ1) is 15.1. The molecule has 8 nitrogen and oxygen atoms in total. The van der Waals surface area contributed by atoms with Gasteiger partial charge in [0.15, 0.2) is 0 Å². The number of amides is 3. The number of fused-ring (bicyclic) bond motifs is 1. The van der Waals surface area contributed by atoms with Crippen LogP contribution in [-0.4, -0.2) is 42.9 Å². The molecular formula is C23H20N2O6. The van der Waals surface area contributed by atoms with E-state index in [9.17, 15) is 14.4 Å². The van der Waals surface area contributed by atoms with Gasteiger partial charge in [-0.3, -0.25) is 19.3 Å². The van der Waals surface area contributed by atoms with Gasteiger partial charge in [-0.25, -0.2) is 0 Å². The van der Waals surface area contributed by atoms with Crippen molar-refractivity contribution in [2.24, 2.45) is 0 Å². The van der Waals surface area contributed by atoms with E-state index in [0.29, 0.717) is 17.1 Å². The van der Waals surface area contributed by atoms with Crippen LogP contribution in [0, 0.1) is 0 Å². The van der Waals surface area contributed by atoms with Gasteiger partial charge in [-0.15, -0.1) is 0 Å². The van der Waals surface area contributed by atoms with Crippen LogP contribution in [0.5, 0.6) is 11.5 Å². The van der Waals surface area contributed by atoms with Gasteiger partial charge in [0.1, 0.15) is 23.9 Å². The first kappa shape index (κ1) is 20.2. The van der Waals surface area contributed by atoms with Crippen LogP contribution < -0.4 is 14.8 Å². The number of nitrogens with zero attached hydrogens (tertiary/aromatic N) is 1.